The smallest absolute Gasteiger partial charge is 0.157 e. The zero-order valence-electron chi connectivity index (χ0n) is 14.7. The molecule has 1 saturated heterocycles. The van der Waals surface area contributed by atoms with E-state index in [0.717, 1.165) is 19.4 Å². The molecule has 1 aromatic heterocycles. The third-order valence-electron chi connectivity index (χ3n) is 5.73. The minimum Gasteiger partial charge on any atom is -0.361 e. The molecular formula is C19H24N2O3S. The van der Waals surface area contributed by atoms with Gasteiger partial charge in [0.25, 0.3) is 0 Å². The average molecular weight is 360 g/mol. The van der Waals surface area contributed by atoms with Crippen molar-refractivity contribution in [3.63, 3.8) is 0 Å². The SMILES string of the molecule is CC(=O)CS(=O)(=O)C[C@@H]1C[C@@H]2c3cccc4[nH]cc(c34)C[C@H]2N(C)C1. The van der Waals surface area contributed by atoms with E-state index in [9.17, 15) is 13.2 Å². The molecule has 134 valence electrons. The first kappa shape index (κ1) is 16.8. The number of aromatic nitrogens is 1. The molecule has 5 nitrogen and oxygen atoms in total. The van der Waals surface area contributed by atoms with Gasteiger partial charge < -0.3 is 9.88 Å². The van der Waals surface area contributed by atoms with E-state index >= 15 is 0 Å². The Labute approximate surface area is 148 Å². The minimum absolute atomic E-state index is 0.0753. The van der Waals surface area contributed by atoms with Crippen LogP contribution in [0.4, 0.5) is 0 Å². The highest BCUT2D eigenvalue weighted by Crippen LogP contribution is 2.44. The second-order valence-corrected chi connectivity index (χ2v) is 9.87. The average Bonchev–Trinajstić information content (AvgIpc) is 2.91. The molecule has 0 radical (unpaired) electrons. The lowest BCUT2D eigenvalue weighted by Gasteiger charge is -2.45. The predicted octanol–water partition coefficient (Wildman–Crippen LogP) is 2.13. The third kappa shape index (κ3) is 3.02. The quantitative estimate of drug-likeness (QED) is 0.907. The van der Waals surface area contributed by atoms with Crippen LogP contribution in [0.2, 0.25) is 0 Å². The lowest BCUT2D eigenvalue weighted by Crippen LogP contribution is -2.49. The number of nitrogens with one attached hydrogen (secondary N) is 1. The Hall–Kier alpha value is -1.66. The molecule has 0 spiro atoms. The van der Waals surface area contributed by atoms with Crippen LogP contribution in [0, 0.1) is 5.92 Å². The van der Waals surface area contributed by atoms with E-state index < -0.39 is 9.84 Å². The summed E-state index contributed by atoms with van der Waals surface area (Å²) in [6.07, 6.45) is 3.99. The number of hydrogen-bond donors (Lipinski definition) is 1. The summed E-state index contributed by atoms with van der Waals surface area (Å²) in [5.74, 6) is -0.0781. The van der Waals surface area contributed by atoms with Gasteiger partial charge in [-0.15, -0.1) is 0 Å². The first-order valence-corrected chi connectivity index (χ1v) is 10.6. The number of H-pyrrole nitrogens is 1. The van der Waals surface area contributed by atoms with Gasteiger partial charge in [0.1, 0.15) is 11.5 Å². The maximum Gasteiger partial charge on any atom is 0.157 e. The zero-order valence-corrected chi connectivity index (χ0v) is 15.5. The van der Waals surface area contributed by atoms with Crippen molar-refractivity contribution in [2.24, 2.45) is 5.92 Å². The van der Waals surface area contributed by atoms with Crippen molar-refractivity contribution in [2.45, 2.75) is 31.7 Å². The lowest BCUT2D eigenvalue weighted by molar-refractivity contribution is -0.114. The fourth-order valence-electron chi connectivity index (χ4n) is 4.90. The number of fused-ring (bicyclic) bond motifs is 2. The minimum atomic E-state index is -3.33. The van der Waals surface area contributed by atoms with Crippen LogP contribution in [0.3, 0.4) is 0 Å². The van der Waals surface area contributed by atoms with Crippen molar-refractivity contribution in [1.29, 1.82) is 0 Å². The Morgan fingerprint density at radius 3 is 2.92 bits per heavy atom. The van der Waals surface area contributed by atoms with E-state index in [1.54, 1.807) is 0 Å². The molecule has 1 aliphatic carbocycles. The molecule has 0 saturated carbocycles. The summed E-state index contributed by atoms with van der Waals surface area (Å²) in [7, 11) is -1.23. The summed E-state index contributed by atoms with van der Waals surface area (Å²) in [6.45, 7) is 2.11. The molecule has 1 fully saturated rings. The number of piperidine rings is 1. The molecule has 1 aromatic carbocycles. The number of carbonyl (C=O) groups is 1. The van der Waals surface area contributed by atoms with E-state index in [2.05, 4.69) is 41.3 Å². The zero-order chi connectivity index (χ0) is 17.8. The molecule has 1 aliphatic heterocycles. The van der Waals surface area contributed by atoms with Gasteiger partial charge in [0, 0.05) is 35.6 Å². The number of benzene rings is 1. The number of nitrogens with zero attached hydrogens (tertiary/aromatic N) is 1. The van der Waals surface area contributed by atoms with Gasteiger partial charge in [0.05, 0.1) is 5.75 Å². The lowest BCUT2D eigenvalue weighted by atomic mass is 9.73. The van der Waals surface area contributed by atoms with Crippen LogP contribution in [0.5, 0.6) is 0 Å². The molecule has 3 atom stereocenters. The highest BCUT2D eigenvalue weighted by atomic mass is 32.2. The van der Waals surface area contributed by atoms with Crippen LogP contribution in [-0.2, 0) is 21.1 Å². The molecule has 2 aromatic rings. The van der Waals surface area contributed by atoms with E-state index in [1.165, 1.54) is 29.0 Å². The molecule has 1 N–H and O–H groups in total. The van der Waals surface area contributed by atoms with Gasteiger partial charge >= 0.3 is 0 Å². The number of hydrogen-bond acceptors (Lipinski definition) is 4. The Bertz CT molecular complexity index is 931. The Morgan fingerprint density at radius 2 is 2.16 bits per heavy atom. The van der Waals surface area contributed by atoms with Crippen LogP contribution >= 0.6 is 0 Å². The summed E-state index contributed by atoms with van der Waals surface area (Å²) >= 11 is 0. The molecule has 4 rings (SSSR count). The first-order valence-electron chi connectivity index (χ1n) is 8.83. The Morgan fingerprint density at radius 1 is 1.36 bits per heavy atom. The maximum atomic E-state index is 12.3. The van der Waals surface area contributed by atoms with Crippen molar-refractivity contribution in [3.8, 4) is 0 Å². The number of carbonyl (C=O) groups excluding carboxylic acids is 1. The first-order chi connectivity index (χ1) is 11.8. The fourth-order valence-corrected chi connectivity index (χ4v) is 6.60. The van der Waals surface area contributed by atoms with Gasteiger partial charge in [-0.05, 0) is 49.9 Å². The van der Waals surface area contributed by atoms with E-state index in [4.69, 9.17) is 0 Å². The normalized spacial score (nSPS) is 26.6. The number of Topliss-reactive ketones (excluding diaryl/α,β-unsaturated/α-hetero) is 1. The number of aromatic amines is 1. The number of rotatable bonds is 4. The van der Waals surface area contributed by atoms with Crippen LogP contribution < -0.4 is 0 Å². The van der Waals surface area contributed by atoms with Gasteiger partial charge in [-0.25, -0.2) is 8.42 Å². The molecule has 2 aliphatic rings. The highest BCUT2D eigenvalue weighted by molar-refractivity contribution is 7.92. The highest BCUT2D eigenvalue weighted by Gasteiger charge is 2.40. The van der Waals surface area contributed by atoms with E-state index in [-0.39, 0.29) is 23.2 Å². The molecule has 0 amide bonds. The molecule has 2 heterocycles. The summed E-state index contributed by atoms with van der Waals surface area (Å²) < 4.78 is 24.6. The maximum absolute atomic E-state index is 12.3. The summed E-state index contributed by atoms with van der Waals surface area (Å²) in [4.78, 5) is 16.9. The predicted molar refractivity (Wildman–Crippen MR) is 98.6 cm³/mol. The standard InChI is InChI=1S/C19H24N2O3S/c1-12(22)10-25(23,24)11-13-6-16-15-4-3-5-17-19(15)14(8-20-17)7-18(16)21(2)9-13/h3-5,8,13,16,18,20H,6-7,9-11H2,1-2H3/t13-,16-,18-/m1/s1. The van der Waals surface area contributed by atoms with Gasteiger partial charge in [-0.3, -0.25) is 4.79 Å². The molecular weight excluding hydrogens is 336 g/mol. The number of ketones is 1. The van der Waals surface area contributed by atoms with Crippen LogP contribution in [-0.4, -0.2) is 55.2 Å². The Kier molecular flexibility index (Phi) is 4.00. The summed E-state index contributed by atoms with van der Waals surface area (Å²) in [5.41, 5.74) is 3.87. The molecule has 6 heteroatoms. The molecule has 0 unspecified atom stereocenters. The number of likely N-dealkylation sites (N-methyl/N-ethyl adjacent to an activating group) is 1. The van der Waals surface area contributed by atoms with Crippen LogP contribution in [0.15, 0.2) is 24.4 Å². The van der Waals surface area contributed by atoms with Crippen molar-refractivity contribution in [2.75, 3.05) is 25.1 Å². The second-order valence-electron chi connectivity index (χ2n) is 7.76. The van der Waals surface area contributed by atoms with Gasteiger partial charge in [0.2, 0.25) is 0 Å². The number of sulfone groups is 1. The Balaban J connectivity index is 1.64. The summed E-state index contributed by atoms with van der Waals surface area (Å²) in [6, 6.07) is 6.79. The van der Waals surface area contributed by atoms with Gasteiger partial charge in [-0.2, -0.15) is 0 Å². The van der Waals surface area contributed by atoms with E-state index in [0.29, 0.717) is 12.0 Å². The largest absolute Gasteiger partial charge is 0.361 e. The summed E-state index contributed by atoms with van der Waals surface area (Å²) in [5, 5.41) is 1.32. The molecule has 25 heavy (non-hydrogen) atoms. The van der Waals surface area contributed by atoms with Crippen molar-refractivity contribution >= 4 is 26.5 Å². The van der Waals surface area contributed by atoms with Gasteiger partial charge in [-0.1, -0.05) is 12.1 Å². The monoisotopic (exact) mass is 360 g/mol. The topological polar surface area (TPSA) is 70.2 Å². The molecule has 0 bridgehead atoms. The fraction of sp³-hybridized carbons (Fsp3) is 0.526. The van der Waals surface area contributed by atoms with Gasteiger partial charge in [0.15, 0.2) is 9.84 Å². The van der Waals surface area contributed by atoms with Crippen LogP contribution in [0.25, 0.3) is 10.9 Å². The van der Waals surface area contributed by atoms with Crippen molar-refractivity contribution < 1.29 is 13.2 Å². The van der Waals surface area contributed by atoms with E-state index in [1.807, 2.05) is 0 Å². The third-order valence-corrected chi connectivity index (χ3v) is 7.55. The van der Waals surface area contributed by atoms with Crippen molar-refractivity contribution in [3.05, 3.63) is 35.5 Å². The second kappa shape index (κ2) is 5.95. The number of likely N-dealkylation sites (tertiary alicyclic amines) is 1. The van der Waals surface area contributed by atoms with Crippen LogP contribution in [0.1, 0.15) is 30.4 Å². The van der Waals surface area contributed by atoms with Crippen molar-refractivity contribution in [1.82, 2.24) is 9.88 Å².